The van der Waals surface area contributed by atoms with Crippen molar-refractivity contribution in [1.82, 2.24) is 0 Å². The monoisotopic (exact) mass is 270 g/mol. The number of hydrogen-bond acceptors (Lipinski definition) is 2. The van der Waals surface area contributed by atoms with Crippen LogP contribution >= 0.6 is 0 Å². The number of fused-ring (bicyclic) bond motifs is 1. The molecule has 1 aliphatic rings. The normalized spacial score (nSPS) is 20.4. The smallest absolute Gasteiger partial charge is 0.247 e. The van der Waals surface area contributed by atoms with Crippen LogP contribution in [0.5, 0.6) is 0 Å². The summed E-state index contributed by atoms with van der Waals surface area (Å²) in [5, 5.41) is 3.23. The predicted octanol–water partition coefficient (Wildman–Crippen LogP) is 2.56. The maximum atomic E-state index is 13.3. The van der Waals surface area contributed by atoms with Crippen molar-refractivity contribution in [2.75, 3.05) is 5.32 Å². The van der Waals surface area contributed by atoms with Gasteiger partial charge in [0.15, 0.2) is 0 Å². The number of anilines is 1. The van der Waals surface area contributed by atoms with Crippen molar-refractivity contribution in [3.63, 3.8) is 0 Å². The number of nitrogens with two attached hydrogens (primary N) is 1. The van der Waals surface area contributed by atoms with Crippen LogP contribution in [0.2, 0.25) is 0 Å². The van der Waals surface area contributed by atoms with E-state index in [1.165, 1.54) is 12.1 Å². The molecule has 3 nitrogen and oxygen atoms in total. The van der Waals surface area contributed by atoms with E-state index in [1.807, 2.05) is 30.3 Å². The molecule has 0 aliphatic heterocycles. The molecule has 0 heterocycles. The molecule has 0 spiro atoms. The maximum Gasteiger partial charge on any atom is 0.247 e. The highest BCUT2D eigenvalue weighted by molar-refractivity contribution is 5.90. The van der Waals surface area contributed by atoms with Gasteiger partial charge in [0.25, 0.3) is 0 Å². The maximum absolute atomic E-state index is 13.3. The fourth-order valence-electron chi connectivity index (χ4n) is 2.86. The van der Waals surface area contributed by atoms with Gasteiger partial charge in [0.05, 0.1) is 0 Å². The van der Waals surface area contributed by atoms with Gasteiger partial charge in [0.2, 0.25) is 5.91 Å². The molecular formula is C16H15FN2O. The Bertz CT molecular complexity index is 657. The third-order valence-corrected chi connectivity index (χ3v) is 3.85. The summed E-state index contributed by atoms with van der Waals surface area (Å²) in [5.74, 6) is -0.726. The summed E-state index contributed by atoms with van der Waals surface area (Å²) < 4.78 is 13.3. The van der Waals surface area contributed by atoms with E-state index in [2.05, 4.69) is 5.32 Å². The van der Waals surface area contributed by atoms with E-state index < -0.39 is 11.4 Å². The van der Waals surface area contributed by atoms with Crippen molar-refractivity contribution in [2.24, 2.45) is 5.73 Å². The number of rotatable bonds is 3. The summed E-state index contributed by atoms with van der Waals surface area (Å²) in [6.45, 7) is 0. The standard InChI is InChI=1S/C16H15FN2O/c17-12-6-7-14-11(10-12)8-9-16(14,15(18)20)19-13-4-2-1-3-5-13/h1-7,10,19H,8-9H2,(H2,18,20). The minimum absolute atomic E-state index is 0.288. The topological polar surface area (TPSA) is 55.1 Å². The zero-order valence-electron chi connectivity index (χ0n) is 10.9. The van der Waals surface area contributed by atoms with Crippen LogP contribution in [0.3, 0.4) is 0 Å². The molecule has 1 unspecified atom stereocenters. The Morgan fingerprint density at radius 2 is 1.95 bits per heavy atom. The van der Waals surface area contributed by atoms with Crippen LogP contribution in [0, 0.1) is 5.82 Å². The van der Waals surface area contributed by atoms with Crippen molar-refractivity contribution in [1.29, 1.82) is 0 Å². The highest BCUT2D eigenvalue weighted by atomic mass is 19.1. The lowest BCUT2D eigenvalue weighted by molar-refractivity contribution is -0.122. The number of nitrogens with one attached hydrogen (secondary N) is 1. The van der Waals surface area contributed by atoms with E-state index in [-0.39, 0.29) is 5.82 Å². The molecule has 1 amide bonds. The van der Waals surface area contributed by atoms with Gasteiger partial charge in [-0.05, 0) is 48.2 Å². The molecule has 2 aromatic rings. The van der Waals surface area contributed by atoms with Crippen LogP contribution in [0.25, 0.3) is 0 Å². The predicted molar refractivity (Wildman–Crippen MR) is 75.7 cm³/mol. The van der Waals surface area contributed by atoms with Gasteiger partial charge >= 0.3 is 0 Å². The van der Waals surface area contributed by atoms with Gasteiger partial charge < -0.3 is 11.1 Å². The van der Waals surface area contributed by atoms with Gasteiger partial charge in [-0.15, -0.1) is 0 Å². The number of primary amides is 1. The molecule has 1 atom stereocenters. The van der Waals surface area contributed by atoms with E-state index in [9.17, 15) is 9.18 Å². The summed E-state index contributed by atoms with van der Waals surface area (Å²) >= 11 is 0. The van der Waals surface area contributed by atoms with E-state index in [1.54, 1.807) is 6.07 Å². The van der Waals surface area contributed by atoms with Gasteiger partial charge in [0, 0.05) is 5.69 Å². The quantitative estimate of drug-likeness (QED) is 0.900. The second-order valence-electron chi connectivity index (χ2n) is 5.06. The van der Waals surface area contributed by atoms with Crippen molar-refractivity contribution < 1.29 is 9.18 Å². The first-order valence-electron chi connectivity index (χ1n) is 6.54. The third kappa shape index (κ3) is 1.93. The molecule has 2 aromatic carbocycles. The lowest BCUT2D eigenvalue weighted by Crippen LogP contribution is -2.46. The first kappa shape index (κ1) is 12.7. The van der Waals surface area contributed by atoms with Crippen LogP contribution in [0.1, 0.15) is 17.5 Å². The minimum Gasteiger partial charge on any atom is -0.368 e. The Labute approximate surface area is 116 Å². The van der Waals surface area contributed by atoms with E-state index in [4.69, 9.17) is 5.73 Å². The first-order chi connectivity index (χ1) is 9.62. The lowest BCUT2D eigenvalue weighted by Gasteiger charge is -2.29. The van der Waals surface area contributed by atoms with Gasteiger partial charge in [-0.25, -0.2) is 4.39 Å². The number of carbonyl (C=O) groups is 1. The second-order valence-corrected chi connectivity index (χ2v) is 5.06. The first-order valence-corrected chi connectivity index (χ1v) is 6.54. The SMILES string of the molecule is NC(=O)C1(Nc2ccccc2)CCc2cc(F)ccc21. The number of benzene rings is 2. The molecule has 0 saturated carbocycles. The Hall–Kier alpha value is -2.36. The lowest BCUT2D eigenvalue weighted by atomic mass is 9.90. The summed E-state index contributed by atoms with van der Waals surface area (Å²) in [6.07, 6.45) is 1.17. The number of amides is 1. The highest BCUT2D eigenvalue weighted by Gasteiger charge is 2.44. The summed E-state index contributed by atoms with van der Waals surface area (Å²) in [6, 6.07) is 13.9. The Balaban J connectivity index is 2.06. The van der Waals surface area contributed by atoms with Crippen molar-refractivity contribution in [3.8, 4) is 0 Å². The largest absolute Gasteiger partial charge is 0.368 e. The van der Waals surface area contributed by atoms with Crippen LogP contribution in [-0.4, -0.2) is 5.91 Å². The van der Waals surface area contributed by atoms with Gasteiger partial charge in [-0.3, -0.25) is 4.79 Å². The second kappa shape index (κ2) is 4.63. The fraction of sp³-hybridized carbons (Fsp3) is 0.188. The van der Waals surface area contributed by atoms with Gasteiger partial charge in [-0.1, -0.05) is 24.3 Å². The van der Waals surface area contributed by atoms with E-state index in [0.717, 1.165) is 16.8 Å². The Morgan fingerprint density at radius 1 is 1.20 bits per heavy atom. The number of hydrogen-bond donors (Lipinski definition) is 2. The van der Waals surface area contributed by atoms with Crippen LogP contribution in [0.4, 0.5) is 10.1 Å². The minimum atomic E-state index is -0.954. The zero-order chi connectivity index (χ0) is 14.2. The van der Waals surface area contributed by atoms with Crippen molar-refractivity contribution in [2.45, 2.75) is 18.4 Å². The molecule has 3 N–H and O–H groups in total. The van der Waals surface area contributed by atoms with E-state index in [0.29, 0.717) is 12.8 Å². The van der Waals surface area contributed by atoms with E-state index >= 15 is 0 Å². The highest BCUT2D eigenvalue weighted by Crippen LogP contribution is 2.39. The van der Waals surface area contributed by atoms with Crippen molar-refractivity contribution in [3.05, 3.63) is 65.5 Å². The van der Waals surface area contributed by atoms with Crippen LogP contribution < -0.4 is 11.1 Å². The average molecular weight is 270 g/mol. The molecule has 20 heavy (non-hydrogen) atoms. The molecule has 1 aliphatic carbocycles. The van der Waals surface area contributed by atoms with Crippen molar-refractivity contribution >= 4 is 11.6 Å². The molecule has 0 radical (unpaired) electrons. The fourth-order valence-corrected chi connectivity index (χ4v) is 2.86. The third-order valence-electron chi connectivity index (χ3n) is 3.85. The molecule has 0 bridgehead atoms. The molecule has 0 fully saturated rings. The number of para-hydroxylation sites is 1. The Kier molecular flexibility index (Phi) is 2.93. The number of halogens is 1. The molecular weight excluding hydrogens is 255 g/mol. The number of carbonyl (C=O) groups excluding carboxylic acids is 1. The summed E-state index contributed by atoms with van der Waals surface area (Å²) in [4.78, 5) is 12.0. The molecule has 4 heteroatoms. The number of aryl methyl sites for hydroxylation is 1. The molecule has 102 valence electrons. The molecule has 0 saturated heterocycles. The Morgan fingerprint density at radius 3 is 2.65 bits per heavy atom. The molecule has 3 rings (SSSR count). The molecule has 0 aromatic heterocycles. The van der Waals surface area contributed by atoms with Crippen LogP contribution in [0.15, 0.2) is 48.5 Å². The average Bonchev–Trinajstić information content (AvgIpc) is 2.79. The summed E-state index contributed by atoms with van der Waals surface area (Å²) in [5.41, 5.74) is 7.12. The zero-order valence-corrected chi connectivity index (χ0v) is 10.9. The van der Waals surface area contributed by atoms with Gasteiger partial charge in [0.1, 0.15) is 11.4 Å². The summed E-state index contributed by atoms with van der Waals surface area (Å²) in [7, 11) is 0. The van der Waals surface area contributed by atoms with Gasteiger partial charge in [-0.2, -0.15) is 0 Å². The van der Waals surface area contributed by atoms with Crippen LogP contribution in [-0.2, 0) is 16.8 Å².